The fraction of sp³-hybridized carbons (Fsp3) is 1.00. The number of hydrogen-bond donors (Lipinski definition) is 0. The Labute approximate surface area is 61.2 Å². The van der Waals surface area contributed by atoms with Crippen LogP contribution in [0.4, 0.5) is 0 Å². The molecule has 0 saturated heterocycles. The molecule has 0 unspecified atom stereocenters. The maximum absolute atomic E-state index is 5.33. The fourth-order valence-corrected chi connectivity index (χ4v) is 1.92. The van der Waals surface area contributed by atoms with Crippen LogP contribution in [0.15, 0.2) is 0 Å². The number of hydrogen-bond acceptors (Lipinski definition) is 1. The van der Waals surface area contributed by atoms with Gasteiger partial charge in [0.15, 0.2) is 14.8 Å². The van der Waals surface area contributed by atoms with Gasteiger partial charge in [0.25, 0.3) is 0 Å². The van der Waals surface area contributed by atoms with Gasteiger partial charge in [0, 0.05) is 0 Å². The minimum absolute atomic E-state index is 0.354. The summed E-state index contributed by atoms with van der Waals surface area (Å²) in [5, 5.41) is -0.567. The molecule has 0 amide bonds. The summed E-state index contributed by atoms with van der Waals surface area (Å²) in [6.07, 6.45) is 2.68. The molecule has 4 heteroatoms. The van der Waals surface area contributed by atoms with Crippen LogP contribution in [-0.2, 0) is 4.43 Å². The summed E-state index contributed by atoms with van der Waals surface area (Å²) in [5.74, 6) is 0. The van der Waals surface area contributed by atoms with Gasteiger partial charge in [0.1, 0.15) is 0 Å². The first-order valence-corrected chi connectivity index (χ1v) is 4.95. The molecule has 1 rings (SSSR count). The zero-order chi connectivity index (χ0) is 5.98. The third-order valence-electron chi connectivity index (χ3n) is 1.15. The molecule has 1 saturated carbocycles. The van der Waals surface area contributed by atoms with Crippen LogP contribution < -0.4 is 0 Å². The van der Waals surface area contributed by atoms with E-state index in [2.05, 4.69) is 0 Å². The van der Waals surface area contributed by atoms with Gasteiger partial charge < -0.3 is 4.43 Å². The lowest BCUT2D eigenvalue weighted by atomic mass is 11.0. The van der Waals surface area contributed by atoms with E-state index >= 15 is 0 Å². The minimum Gasteiger partial charge on any atom is -0.397 e. The summed E-state index contributed by atoms with van der Waals surface area (Å²) >= 11 is 10.7. The van der Waals surface area contributed by atoms with Crippen molar-refractivity contribution in [3.05, 3.63) is 0 Å². The van der Waals surface area contributed by atoms with Crippen LogP contribution in [0.3, 0.4) is 0 Å². The Hall–Kier alpha value is 0.757. The van der Waals surface area contributed by atoms with Crippen molar-refractivity contribution in [2.24, 2.45) is 0 Å². The summed E-state index contributed by atoms with van der Waals surface area (Å²) < 4.78 is 5.04. The van der Waals surface area contributed by atoms with Gasteiger partial charge in [0.2, 0.25) is 0 Å². The highest BCUT2D eigenvalue weighted by Crippen LogP contribution is 2.35. The van der Waals surface area contributed by atoms with Crippen molar-refractivity contribution in [1.82, 2.24) is 0 Å². The van der Waals surface area contributed by atoms with Gasteiger partial charge in [-0.1, -0.05) is 36.0 Å². The SMILES string of the molecule is ClC(Cl)O[SiH2]C1CC1. The molecular formula is C4H8Cl2OSi. The smallest absolute Gasteiger partial charge is 0.197 e. The highest BCUT2D eigenvalue weighted by Gasteiger charge is 2.22. The average Bonchev–Trinajstić information content (AvgIpc) is 2.41. The standard InChI is InChI=1S/C4H8Cl2OSi/c5-4(6)7-8-3-1-2-3/h3-4H,1-2,8H2. The van der Waals surface area contributed by atoms with E-state index in [1.54, 1.807) is 0 Å². The molecule has 0 heterocycles. The Kier molecular flexibility index (Phi) is 2.63. The molecule has 1 fully saturated rings. The molecule has 0 aromatic carbocycles. The fourth-order valence-electron chi connectivity index (χ4n) is 0.493. The average molecular weight is 171 g/mol. The summed E-state index contributed by atoms with van der Waals surface area (Å²) in [6, 6.07) is 0. The van der Waals surface area contributed by atoms with Gasteiger partial charge >= 0.3 is 0 Å². The van der Waals surface area contributed by atoms with Gasteiger partial charge in [-0.2, -0.15) is 0 Å². The summed E-state index contributed by atoms with van der Waals surface area (Å²) in [7, 11) is -0.354. The van der Waals surface area contributed by atoms with Crippen LogP contribution in [-0.4, -0.2) is 14.8 Å². The van der Waals surface area contributed by atoms with Crippen molar-refractivity contribution in [3.8, 4) is 0 Å². The van der Waals surface area contributed by atoms with Crippen molar-refractivity contribution >= 4 is 33.0 Å². The summed E-state index contributed by atoms with van der Waals surface area (Å²) in [5.41, 5.74) is 0.884. The van der Waals surface area contributed by atoms with Gasteiger partial charge in [-0.25, -0.2) is 0 Å². The monoisotopic (exact) mass is 170 g/mol. The van der Waals surface area contributed by atoms with Crippen molar-refractivity contribution in [3.63, 3.8) is 0 Å². The predicted octanol–water partition coefficient (Wildman–Crippen LogP) is 1.43. The Morgan fingerprint density at radius 3 is 2.50 bits per heavy atom. The molecule has 0 aromatic rings. The number of halogens is 2. The van der Waals surface area contributed by atoms with E-state index in [1.165, 1.54) is 12.8 Å². The first-order chi connectivity index (χ1) is 3.79. The molecule has 0 spiro atoms. The van der Waals surface area contributed by atoms with E-state index in [0.717, 1.165) is 5.54 Å². The van der Waals surface area contributed by atoms with Crippen LogP contribution >= 0.6 is 23.2 Å². The second-order valence-corrected chi connectivity index (χ2v) is 4.87. The van der Waals surface area contributed by atoms with Gasteiger partial charge in [-0.15, -0.1) is 0 Å². The summed E-state index contributed by atoms with van der Waals surface area (Å²) in [4.78, 5) is 0. The van der Waals surface area contributed by atoms with E-state index in [9.17, 15) is 0 Å². The van der Waals surface area contributed by atoms with Crippen molar-refractivity contribution in [2.45, 2.75) is 23.4 Å². The molecule has 0 atom stereocenters. The van der Waals surface area contributed by atoms with Crippen molar-refractivity contribution < 1.29 is 4.43 Å². The molecule has 0 aliphatic heterocycles. The van der Waals surface area contributed by atoms with Crippen LogP contribution in [0.2, 0.25) is 5.54 Å². The first-order valence-electron chi connectivity index (χ1n) is 2.69. The molecule has 0 aromatic heterocycles. The minimum atomic E-state index is -0.567. The zero-order valence-electron chi connectivity index (χ0n) is 4.44. The Bertz CT molecular complexity index is 72.4. The normalized spacial score (nSPS) is 21.4. The molecule has 0 bridgehead atoms. The Morgan fingerprint density at radius 2 is 2.12 bits per heavy atom. The zero-order valence-corrected chi connectivity index (χ0v) is 7.37. The third kappa shape index (κ3) is 2.92. The quantitative estimate of drug-likeness (QED) is 0.461. The van der Waals surface area contributed by atoms with Crippen LogP contribution in [0.1, 0.15) is 12.8 Å². The Balaban J connectivity index is 1.87. The van der Waals surface area contributed by atoms with Crippen LogP contribution in [0.25, 0.3) is 0 Å². The lowest BCUT2D eigenvalue weighted by Crippen LogP contribution is -2.01. The van der Waals surface area contributed by atoms with Crippen molar-refractivity contribution in [1.29, 1.82) is 0 Å². The lowest BCUT2D eigenvalue weighted by Gasteiger charge is -1.99. The number of rotatable bonds is 3. The van der Waals surface area contributed by atoms with E-state index in [0.29, 0.717) is 0 Å². The second kappa shape index (κ2) is 3.06. The van der Waals surface area contributed by atoms with Gasteiger partial charge in [-0.05, 0) is 5.54 Å². The van der Waals surface area contributed by atoms with Crippen molar-refractivity contribution in [2.75, 3.05) is 0 Å². The molecule has 0 radical (unpaired) electrons. The van der Waals surface area contributed by atoms with Crippen LogP contribution in [0, 0.1) is 0 Å². The predicted molar refractivity (Wildman–Crippen MR) is 38.1 cm³/mol. The molecule has 0 N–H and O–H groups in total. The maximum Gasteiger partial charge on any atom is 0.197 e. The van der Waals surface area contributed by atoms with Crippen LogP contribution in [0.5, 0.6) is 0 Å². The van der Waals surface area contributed by atoms with E-state index in [4.69, 9.17) is 27.6 Å². The first kappa shape index (κ1) is 6.87. The third-order valence-corrected chi connectivity index (χ3v) is 3.64. The van der Waals surface area contributed by atoms with Gasteiger partial charge in [0.05, 0.1) is 0 Å². The summed E-state index contributed by atoms with van der Waals surface area (Å²) in [6.45, 7) is 0. The van der Waals surface area contributed by atoms with E-state index in [1.807, 2.05) is 0 Å². The molecule has 1 aliphatic carbocycles. The maximum atomic E-state index is 5.33. The highest BCUT2D eigenvalue weighted by atomic mass is 35.5. The number of alkyl halides is 2. The second-order valence-electron chi connectivity index (χ2n) is 2.04. The topological polar surface area (TPSA) is 9.23 Å². The Morgan fingerprint density at radius 1 is 1.50 bits per heavy atom. The van der Waals surface area contributed by atoms with Gasteiger partial charge in [-0.3, -0.25) is 0 Å². The molecule has 8 heavy (non-hydrogen) atoms. The molecule has 1 nitrogen and oxygen atoms in total. The largest absolute Gasteiger partial charge is 0.397 e. The lowest BCUT2D eigenvalue weighted by molar-refractivity contribution is 0.374. The van der Waals surface area contributed by atoms with E-state index < -0.39 is 5.02 Å². The molecular weight excluding hydrogens is 163 g/mol. The highest BCUT2D eigenvalue weighted by molar-refractivity contribution is 6.45. The van der Waals surface area contributed by atoms with E-state index in [-0.39, 0.29) is 9.76 Å². The molecule has 48 valence electrons. The molecule has 1 aliphatic rings.